The summed E-state index contributed by atoms with van der Waals surface area (Å²) in [6.45, 7) is 0. The number of nitrogens with zero attached hydrogens (tertiary/aromatic N) is 2. The minimum Gasteiger partial charge on any atom is -0.235 e. The molecule has 0 bridgehead atoms. The number of allylic oxidation sites excluding steroid dienone is 1. The first-order valence-corrected chi connectivity index (χ1v) is 7.60. The number of fused-ring (bicyclic) bond motifs is 1. The number of thiazole rings is 1. The fourth-order valence-corrected chi connectivity index (χ4v) is 3.24. The van der Waals surface area contributed by atoms with Crippen LogP contribution in [0.2, 0.25) is 0 Å². The van der Waals surface area contributed by atoms with Gasteiger partial charge in [-0.3, -0.25) is 0 Å². The Balaban J connectivity index is 2.07. The van der Waals surface area contributed by atoms with Crippen molar-refractivity contribution in [3.05, 3.63) is 63.6 Å². The first-order valence-electron chi connectivity index (χ1n) is 5.99. The van der Waals surface area contributed by atoms with E-state index >= 15 is 0 Å². The summed E-state index contributed by atoms with van der Waals surface area (Å²) in [4.78, 5) is 4.52. The van der Waals surface area contributed by atoms with Crippen LogP contribution in [0, 0.1) is 11.3 Å². The van der Waals surface area contributed by atoms with Crippen molar-refractivity contribution in [3.63, 3.8) is 0 Å². The van der Waals surface area contributed by atoms with Gasteiger partial charge in [0.15, 0.2) is 0 Å². The van der Waals surface area contributed by atoms with E-state index in [-0.39, 0.29) is 0 Å². The van der Waals surface area contributed by atoms with Crippen molar-refractivity contribution >= 4 is 49.1 Å². The molecule has 0 fully saturated rings. The van der Waals surface area contributed by atoms with Crippen LogP contribution < -0.4 is 0 Å². The molecular formula is C16H9BrN2S. The van der Waals surface area contributed by atoms with Crippen molar-refractivity contribution in [2.24, 2.45) is 0 Å². The van der Waals surface area contributed by atoms with Gasteiger partial charge >= 0.3 is 0 Å². The van der Waals surface area contributed by atoms with Crippen LogP contribution in [0.15, 0.2) is 53.0 Å². The van der Waals surface area contributed by atoms with E-state index in [1.54, 1.807) is 0 Å². The number of halogens is 1. The molecule has 1 heterocycles. The molecule has 0 saturated carbocycles. The number of benzene rings is 2. The van der Waals surface area contributed by atoms with E-state index in [9.17, 15) is 5.26 Å². The Morgan fingerprint density at radius 2 is 2.05 bits per heavy atom. The van der Waals surface area contributed by atoms with Crippen LogP contribution in [-0.4, -0.2) is 4.98 Å². The third kappa shape index (κ3) is 2.64. The van der Waals surface area contributed by atoms with Crippen LogP contribution in [0.3, 0.4) is 0 Å². The monoisotopic (exact) mass is 340 g/mol. The summed E-state index contributed by atoms with van der Waals surface area (Å²) in [6, 6.07) is 18.0. The molecule has 0 aliphatic heterocycles. The van der Waals surface area contributed by atoms with E-state index in [1.165, 1.54) is 11.3 Å². The average Bonchev–Trinajstić information content (AvgIpc) is 2.88. The molecular weight excluding hydrogens is 332 g/mol. The van der Waals surface area contributed by atoms with Crippen LogP contribution in [0.4, 0.5) is 0 Å². The van der Waals surface area contributed by atoms with Crippen LogP contribution in [0.25, 0.3) is 21.9 Å². The van der Waals surface area contributed by atoms with Gasteiger partial charge in [-0.15, -0.1) is 11.3 Å². The van der Waals surface area contributed by atoms with Gasteiger partial charge in [-0.2, -0.15) is 5.26 Å². The molecule has 0 atom stereocenters. The lowest BCUT2D eigenvalue weighted by molar-refractivity contribution is 1.43. The summed E-state index contributed by atoms with van der Waals surface area (Å²) >= 11 is 4.97. The maximum Gasteiger partial charge on any atom is 0.135 e. The topological polar surface area (TPSA) is 36.7 Å². The van der Waals surface area contributed by atoms with Gasteiger partial charge in [0.1, 0.15) is 11.1 Å². The molecule has 96 valence electrons. The van der Waals surface area contributed by atoms with Crippen LogP contribution in [0.5, 0.6) is 0 Å². The van der Waals surface area contributed by atoms with Gasteiger partial charge in [-0.05, 0) is 35.9 Å². The maximum atomic E-state index is 9.37. The highest BCUT2D eigenvalue weighted by molar-refractivity contribution is 9.10. The van der Waals surface area contributed by atoms with E-state index in [0.717, 1.165) is 25.3 Å². The number of hydrogen-bond acceptors (Lipinski definition) is 3. The van der Waals surface area contributed by atoms with Crippen LogP contribution >= 0.6 is 27.3 Å². The van der Waals surface area contributed by atoms with Crippen molar-refractivity contribution < 1.29 is 0 Å². The lowest BCUT2D eigenvalue weighted by Crippen LogP contribution is -1.80. The molecule has 0 unspecified atom stereocenters. The zero-order valence-electron chi connectivity index (χ0n) is 10.4. The predicted molar refractivity (Wildman–Crippen MR) is 87.2 cm³/mol. The fraction of sp³-hybridized carbons (Fsp3) is 0. The minimum atomic E-state index is 0.587. The second kappa shape index (κ2) is 5.58. The lowest BCUT2D eigenvalue weighted by Gasteiger charge is -1.96. The van der Waals surface area contributed by atoms with E-state index in [2.05, 4.69) is 27.0 Å². The smallest absolute Gasteiger partial charge is 0.135 e. The van der Waals surface area contributed by atoms with E-state index in [1.807, 2.05) is 54.6 Å². The zero-order valence-corrected chi connectivity index (χ0v) is 12.8. The minimum absolute atomic E-state index is 0.587. The highest BCUT2D eigenvalue weighted by atomic mass is 79.9. The molecule has 2 nitrogen and oxygen atoms in total. The molecule has 0 saturated heterocycles. The summed E-state index contributed by atoms with van der Waals surface area (Å²) in [7, 11) is 0. The van der Waals surface area contributed by atoms with Crippen LogP contribution in [0.1, 0.15) is 10.6 Å². The fourth-order valence-electron chi connectivity index (χ4n) is 1.89. The van der Waals surface area contributed by atoms with Gasteiger partial charge in [-0.1, -0.05) is 40.2 Å². The average molecular weight is 341 g/mol. The molecule has 0 radical (unpaired) electrons. The van der Waals surface area contributed by atoms with Gasteiger partial charge in [0, 0.05) is 4.47 Å². The highest BCUT2D eigenvalue weighted by Crippen LogP contribution is 2.28. The number of hydrogen-bond donors (Lipinski definition) is 0. The molecule has 2 aromatic carbocycles. The number of rotatable bonds is 2. The third-order valence-electron chi connectivity index (χ3n) is 2.80. The lowest BCUT2D eigenvalue weighted by atomic mass is 10.1. The Hall–Kier alpha value is -1.96. The van der Waals surface area contributed by atoms with Crippen LogP contribution in [-0.2, 0) is 0 Å². The molecule has 3 aromatic rings. The second-order valence-corrected chi connectivity index (χ2v) is 6.16. The number of aromatic nitrogens is 1. The summed E-state index contributed by atoms with van der Waals surface area (Å²) in [6.07, 6.45) is 1.86. The van der Waals surface area contributed by atoms with Gasteiger partial charge in [0.25, 0.3) is 0 Å². The quantitative estimate of drug-likeness (QED) is 0.607. The number of para-hydroxylation sites is 1. The van der Waals surface area contributed by atoms with Gasteiger partial charge < -0.3 is 0 Å². The molecule has 0 aliphatic carbocycles. The largest absolute Gasteiger partial charge is 0.235 e. The van der Waals surface area contributed by atoms with Crippen molar-refractivity contribution in [3.8, 4) is 6.07 Å². The molecule has 0 aliphatic rings. The molecule has 0 amide bonds. The Labute approximate surface area is 129 Å². The first-order chi connectivity index (χ1) is 9.76. The van der Waals surface area contributed by atoms with E-state index in [0.29, 0.717) is 5.57 Å². The van der Waals surface area contributed by atoms with Crippen molar-refractivity contribution in [2.75, 3.05) is 0 Å². The Morgan fingerprint density at radius 1 is 1.20 bits per heavy atom. The van der Waals surface area contributed by atoms with Crippen molar-refractivity contribution in [1.82, 2.24) is 4.98 Å². The predicted octanol–water partition coefficient (Wildman–Crippen LogP) is 5.12. The molecule has 4 heteroatoms. The van der Waals surface area contributed by atoms with E-state index in [4.69, 9.17) is 0 Å². The molecule has 3 rings (SSSR count). The summed E-state index contributed by atoms with van der Waals surface area (Å²) in [5.41, 5.74) is 2.50. The summed E-state index contributed by atoms with van der Waals surface area (Å²) < 4.78 is 2.09. The normalized spacial score (nSPS) is 11.5. The standard InChI is InChI=1S/C16H9BrN2S/c17-13-5-3-4-11(9-13)8-12(10-18)16-19-14-6-1-2-7-15(14)20-16/h1-9H. The van der Waals surface area contributed by atoms with Crippen molar-refractivity contribution in [2.45, 2.75) is 0 Å². The number of nitriles is 1. The zero-order chi connectivity index (χ0) is 13.9. The Morgan fingerprint density at radius 3 is 2.80 bits per heavy atom. The Bertz CT molecular complexity index is 810. The van der Waals surface area contributed by atoms with Gasteiger partial charge in [0.05, 0.1) is 15.8 Å². The molecule has 20 heavy (non-hydrogen) atoms. The first kappa shape index (κ1) is 13.0. The summed E-state index contributed by atoms with van der Waals surface area (Å²) in [5, 5.41) is 10.1. The molecule has 1 aromatic heterocycles. The Kier molecular flexibility index (Phi) is 3.64. The SMILES string of the molecule is N#CC(=Cc1cccc(Br)c1)c1nc2ccccc2s1. The molecule has 0 N–H and O–H groups in total. The van der Waals surface area contributed by atoms with E-state index < -0.39 is 0 Å². The summed E-state index contributed by atoms with van der Waals surface area (Å²) in [5.74, 6) is 0. The van der Waals surface area contributed by atoms with Crippen molar-refractivity contribution in [1.29, 1.82) is 5.26 Å². The third-order valence-corrected chi connectivity index (χ3v) is 4.37. The second-order valence-electron chi connectivity index (χ2n) is 4.21. The van der Waals surface area contributed by atoms with Gasteiger partial charge in [-0.25, -0.2) is 4.98 Å². The van der Waals surface area contributed by atoms with Gasteiger partial charge in [0.2, 0.25) is 0 Å². The highest BCUT2D eigenvalue weighted by Gasteiger charge is 2.08. The molecule has 0 spiro atoms. The maximum absolute atomic E-state index is 9.37.